The lowest BCUT2D eigenvalue weighted by atomic mass is 10.1. The van der Waals surface area contributed by atoms with Gasteiger partial charge in [-0.25, -0.2) is 4.39 Å². The maximum absolute atomic E-state index is 15.1. The maximum Gasteiger partial charge on any atom is 0.172 e. The number of nitrogens with zero attached hydrogens (tertiary/aromatic N) is 3. The van der Waals surface area contributed by atoms with E-state index >= 15 is 4.39 Å². The molecular weight excluding hydrogens is 341 g/mol. The molecule has 0 spiro atoms. The molecule has 3 heterocycles. The van der Waals surface area contributed by atoms with Crippen molar-refractivity contribution >= 4 is 28.2 Å². The number of rotatable bonds is 4. The van der Waals surface area contributed by atoms with Gasteiger partial charge in [0.25, 0.3) is 0 Å². The van der Waals surface area contributed by atoms with E-state index in [1.54, 1.807) is 12.3 Å². The summed E-state index contributed by atoms with van der Waals surface area (Å²) in [5.74, 6) is -0.285. The second-order valence-electron chi connectivity index (χ2n) is 7.05. The molecule has 0 radical (unpaired) electrons. The number of aliphatic hydroxyl groups excluding tert-OH is 1. The molecule has 2 saturated heterocycles. The zero-order valence-corrected chi connectivity index (χ0v) is 14.9. The summed E-state index contributed by atoms with van der Waals surface area (Å²) in [5.41, 5.74) is 0.953. The molecule has 2 aromatic rings. The number of anilines is 1. The lowest BCUT2D eigenvalue weighted by molar-refractivity contribution is 0.153. The minimum atomic E-state index is -0.285. The Morgan fingerprint density at radius 3 is 2.80 bits per heavy atom. The number of pyridine rings is 1. The number of halogens is 2. The zero-order valence-electron chi connectivity index (χ0n) is 14.2. The Hall–Kier alpha value is -1.43. The van der Waals surface area contributed by atoms with Gasteiger partial charge >= 0.3 is 0 Å². The third-order valence-electron chi connectivity index (χ3n) is 5.62. The minimum absolute atomic E-state index is 0.208. The maximum atomic E-state index is 15.1. The number of fused-ring (bicyclic) bond motifs is 1. The lowest BCUT2D eigenvalue weighted by Crippen LogP contribution is -2.43. The standard InChI is InChI=1S/C19H23ClFN3O/c20-16-7-8-22-19-15(16)5-6-17(18(19)21)24-10-2-3-13(24)11-23-9-1-4-14(23)12-25/h5-8,13-14,25H,1-4,9-12H2. The van der Waals surface area contributed by atoms with Crippen LogP contribution in [0.1, 0.15) is 25.7 Å². The van der Waals surface area contributed by atoms with Crippen LogP contribution in [0.2, 0.25) is 5.02 Å². The first-order valence-electron chi connectivity index (χ1n) is 9.03. The molecule has 134 valence electrons. The van der Waals surface area contributed by atoms with Gasteiger partial charge in [0.2, 0.25) is 0 Å². The second-order valence-corrected chi connectivity index (χ2v) is 7.46. The number of aliphatic hydroxyl groups is 1. The Bertz CT molecular complexity index is 772. The molecule has 2 aliphatic rings. The van der Waals surface area contributed by atoms with Crippen LogP contribution in [-0.4, -0.2) is 53.3 Å². The molecule has 2 aliphatic heterocycles. The molecule has 0 aliphatic carbocycles. The molecule has 4 nitrogen and oxygen atoms in total. The Morgan fingerprint density at radius 2 is 1.96 bits per heavy atom. The van der Waals surface area contributed by atoms with Gasteiger partial charge in [-0.2, -0.15) is 0 Å². The average Bonchev–Trinajstić information content (AvgIpc) is 3.26. The fraction of sp³-hybridized carbons (Fsp3) is 0.526. The Morgan fingerprint density at radius 1 is 1.16 bits per heavy atom. The van der Waals surface area contributed by atoms with Crippen LogP contribution in [0.25, 0.3) is 10.9 Å². The fourth-order valence-corrected chi connectivity index (χ4v) is 4.53. The van der Waals surface area contributed by atoms with E-state index in [1.807, 2.05) is 12.1 Å². The summed E-state index contributed by atoms with van der Waals surface area (Å²) in [5, 5.41) is 10.7. The van der Waals surface area contributed by atoms with Crippen molar-refractivity contribution in [2.24, 2.45) is 0 Å². The number of benzene rings is 1. The predicted molar refractivity (Wildman–Crippen MR) is 98.8 cm³/mol. The molecule has 1 aromatic heterocycles. The molecule has 0 bridgehead atoms. The Balaban J connectivity index is 1.62. The summed E-state index contributed by atoms with van der Waals surface area (Å²) in [6.07, 6.45) is 5.84. The highest BCUT2D eigenvalue weighted by molar-refractivity contribution is 6.35. The van der Waals surface area contributed by atoms with Crippen LogP contribution in [0, 0.1) is 5.82 Å². The van der Waals surface area contributed by atoms with Crippen LogP contribution < -0.4 is 4.90 Å². The largest absolute Gasteiger partial charge is 0.395 e. The minimum Gasteiger partial charge on any atom is -0.395 e. The Labute approximate surface area is 152 Å². The molecule has 0 amide bonds. The van der Waals surface area contributed by atoms with Crippen LogP contribution in [0.3, 0.4) is 0 Å². The van der Waals surface area contributed by atoms with Gasteiger partial charge in [0.1, 0.15) is 5.52 Å². The molecule has 2 atom stereocenters. The van der Waals surface area contributed by atoms with Gasteiger partial charge in [-0.15, -0.1) is 0 Å². The van der Waals surface area contributed by atoms with Gasteiger partial charge in [-0.1, -0.05) is 11.6 Å². The summed E-state index contributed by atoms with van der Waals surface area (Å²) in [4.78, 5) is 8.73. The molecule has 1 N–H and O–H groups in total. The number of hydrogen-bond donors (Lipinski definition) is 1. The smallest absolute Gasteiger partial charge is 0.172 e. The van der Waals surface area contributed by atoms with Gasteiger partial charge < -0.3 is 10.0 Å². The monoisotopic (exact) mass is 363 g/mol. The van der Waals surface area contributed by atoms with E-state index in [0.29, 0.717) is 21.6 Å². The molecule has 25 heavy (non-hydrogen) atoms. The van der Waals surface area contributed by atoms with E-state index in [9.17, 15) is 5.11 Å². The lowest BCUT2D eigenvalue weighted by Gasteiger charge is -2.32. The fourth-order valence-electron chi connectivity index (χ4n) is 4.32. The number of aromatic nitrogens is 1. The summed E-state index contributed by atoms with van der Waals surface area (Å²) in [6.45, 7) is 2.96. The van der Waals surface area contributed by atoms with E-state index in [-0.39, 0.29) is 24.5 Å². The second kappa shape index (κ2) is 7.06. The third kappa shape index (κ3) is 3.09. The van der Waals surface area contributed by atoms with Gasteiger partial charge in [0.05, 0.1) is 17.3 Å². The van der Waals surface area contributed by atoms with Crippen molar-refractivity contribution in [1.82, 2.24) is 9.88 Å². The molecule has 2 unspecified atom stereocenters. The van der Waals surface area contributed by atoms with Gasteiger partial charge in [0.15, 0.2) is 5.82 Å². The summed E-state index contributed by atoms with van der Waals surface area (Å²) in [7, 11) is 0. The summed E-state index contributed by atoms with van der Waals surface area (Å²) >= 11 is 6.16. The van der Waals surface area contributed by atoms with Crippen LogP contribution in [0.4, 0.5) is 10.1 Å². The molecule has 4 rings (SSSR count). The molecule has 0 saturated carbocycles. The quantitative estimate of drug-likeness (QED) is 0.903. The third-order valence-corrected chi connectivity index (χ3v) is 5.95. The topological polar surface area (TPSA) is 39.6 Å². The zero-order chi connectivity index (χ0) is 17.4. The van der Waals surface area contributed by atoms with Crippen molar-refractivity contribution in [2.45, 2.75) is 37.8 Å². The Kier molecular flexibility index (Phi) is 4.80. The van der Waals surface area contributed by atoms with Crippen molar-refractivity contribution < 1.29 is 9.50 Å². The molecular formula is C19H23ClFN3O. The first-order chi connectivity index (χ1) is 12.2. The molecule has 2 fully saturated rings. The summed E-state index contributed by atoms with van der Waals surface area (Å²) in [6, 6.07) is 5.91. The van der Waals surface area contributed by atoms with Gasteiger partial charge in [-0.3, -0.25) is 9.88 Å². The van der Waals surface area contributed by atoms with Crippen LogP contribution in [-0.2, 0) is 0 Å². The van der Waals surface area contributed by atoms with E-state index in [2.05, 4.69) is 14.8 Å². The number of hydrogen-bond acceptors (Lipinski definition) is 4. The van der Waals surface area contributed by atoms with Gasteiger partial charge in [0, 0.05) is 36.8 Å². The van der Waals surface area contributed by atoms with Crippen molar-refractivity contribution in [2.75, 3.05) is 31.1 Å². The molecule has 1 aromatic carbocycles. The van der Waals surface area contributed by atoms with Crippen molar-refractivity contribution in [1.29, 1.82) is 0 Å². The van der Waals surface area contributed by atoms with E-state index in [1.165, 1.54) is 0 Å². The van der Waals surface area contributed by atoms with E-state index in [4.69, 9.17) is 11.6 Å². The average molecular weight is 364 g/mol. The van der Waals surface area contributed by atoms with Crippen LogP contribution in [0.15, 0.2) is 24.4 Å². The van der Waals surface area contributed by atoms with E-state index in [0.717, 1.165) is 45.3 Å². The van der Waals surface area contributed by atoms with Crippen LogP contribution >= 0.6 is 11.6 Å². The normalized spacial score (nSPS) is 24.5. The van der Waals surface area contributed by atoms with Crippen molar-refractivity contribution in [3.05, 3.63) is 35.2 Å². The first kappa shape index (κ1) is 17.0. The van der Waals surface area contributed by atoms with Crippen LogP contribution in [0.5, 0.6) is 0 Å². The van der Waals surface area contributed by atoms with E-state index < -0.39 is 0 Å². The first-order valence-corrected chi connectivity index (χ1v) is 9.41. The number of likely N-dealkylation sites (tertiary alicyclic amines) is 1. The molecule has 6 heteroatoms. The van der Waals surface area contributed by atoms with Crippen molar-refractivity contribution in [3.63, 3.8) is 0 Å². The SMILES string of the molecule is OCC1CCCN1CC1CCCN1c1ccc2c(Cl)ccnc2c1F. The summed E-state index contributed by atoms with van der Waals surface area (Å²) < 4.78 is 15.1. The highest BCUT2D eigenvalue weighted by Gasteiger charge is 2.32. The van der Waals surface area contributed by atoms with Gasteiger partial charge in [-0.05, 0) is 50.4 Å². The van der Waals surface area contributed by atoms with Crippen molar-refractivity contribution in [3.8, 4) is 0 Å². The highest BCUT2D eigenvalue weighted by atomic mass is 35.5. The predicted octanol–water partition coefficient (Wildman–Crippen LogP) is 3.45. The highest BCUT2D eigenvalue weighted by Crippen LogP contribution is 2.34.